The first-order valence-electron chi connectivity index (χ1n) is 7.63. The number of anilines is 1. The largest absolute Gasteiger partial charge is 0.284 e. The maximum atomic E-state index is 12.3. The molecular formula is C16H15ClN2O3S2. The van der Waals surface area contributed by atoms with E-state index in [1.807, 2.05) is 24.3 Å². The Balaban J connectivity index is 1.56. The SMILES string of the molecule is O=C1CC2CS(=O)(=O)CC2N1c1ncc(Cc2ccc(Cl)cc2)s1. The van der Waals surface area contributed by atoms with Crippen LogP contribution in [0.25, 0.3) is 0 Å². The molecule has 24 heavy (non-hydrogen) atoms. The molecule has 0 N–H and O–H groups in total. The number of benzene rings is 1. The first-order valence-corrected chi connectivity index (χ1v) is 10.6. The number of fused-ring (bicyclic) bond motifs is 1. The maximum Gasteiger partial charge on any atom is 0.229 e. The van der Waals surface area contributed by atoms with Crippen LogP contribution in [0.5, 0.6) is 0 Å². The Labute approximate surface area is 149 Å². The van der Waals surface area contributed by atoms with E-state index in [-0.39, 0.29) is 29.4 Å². The van der Waals surface area contributed by atoms with Crippen molar-refractivity contribution in [2.45, 2.75) is 18.9 Å². The van der Waals surface area contributed by atoms with E-state index in [2.05, 4.69) is 4.98 Å². The molecule has 0 aliphatic carbocycles. The second-order valence-electron chi connectivity index (χ2n) is 6.28. The Morgan fingerprint density at radius 3 is 2.75 bits per heavy atom. The lowest BCUT2D eigenvalue weighted by molar-refractivity contribution is -0.117. The van der Waals surface area contributed by atoms with E-state index < -0.39 is 9.84 Å². The fraction of sp³-hybridized carbons (Fsp3) is 0.375. The molecule has 0 radical (unpaired) electrons. The number of aromatic nitrogens is 1. The van der Waals surface area contributed by atoms with Crippen molar-refractivity contribution in [3.8, 4) is 0 Å². The molecule has 2 aliphatic rings. The molecule has 3 heterocycles. The average Bonchev–Trinajstić information content (AvgIpc) is 3.14. The van der Waals surface area contributed by atoms with E-state index in [1.54, 1.807) is 11.1 Å². The predicted octanol–water partition coefficient (Wildman–Crippen LogP) is 2.54. The number of thiazole rings is 1. The highest BCUT2D eigenvalue weighted by molar-refractivity contribution is 7.91. The van der Waals surface area contributed by atoms with Crippen molar-refractivity contribution in [1.29, 1.82) is 0 Å². The Kier molecular flexibility index (Phi) is 3.89. The Hall–Kier alpha value is -1.44. The zero-order chi connectivity index (χ0) is 16.9. The number of rotatable bonds is 3. The summed E-state index contributed by atoms with van der Waals surface area (Å²) in [5, 5.41) is 1.30. The summed E-state index contributed by atoms with van der Waals surface area (Å²) in [6, 6.07) is 7.36. The number of carbonyl (C=O) groups is 1. The molecule has 126 valence electrons. The lowest BCUT2D eigenvalue weighted by atomic mass is 10.1. The molecule has 0 spiro atoms. The zero-order valence-electron chi connectivity index (χ0n) is 12.7. The van der Waals surface area contributed by atoms with Gasteiger partial charge in [0, 0.05) is 34.9 Å². The third kappa shape index (κ3) is 2.96. The molecule has 8 heteroatoms. The number of carbonyl (C=O) groups excluding carboxylic acids is 1. The van der Waals surface area contributed by atoms with Crippen molar-refractivity contribution < 1.29 is 13.2 Å². The van der Waals surface area contributed by atoms with Gasteiger partial charge in [-0.2, -0.15) is 0 Å². The monoisotopic (exact) mass is 382 g/mol. The second-order valence-corrected chi connectivity index (χ2v) is 9.97. The van der Waals surface area contributed by atoms with Gasteiger partial charge in [0.25, 0.3) is 0 Å². The van der Waals surface area contributed by atoms with E-state index in [1.165, 1.54) is 11.3 Å². The van der Waals surface area contributed by atoms with Gasteiger partial charge < -0.3 is 0 Å². The maximum absolute atomic E-state index is 12.3. The first kappa shape index (κ1) is 16.1. The number of nitrogens with zero attached hydrogens (tertiary/aromatic N) is 2. The minimum absolute atomic E-state index is 0.0210. The van der Waals surface area contributed by atoms with Gasteiger partial charge in [-0.15, -0.1) is 11.3 Å². The van der Waals surface area contributed by atoms with E-state index in [4.69, 9.17) is 11.6 Å². The highest BCUT2D eigenvalue weighted by Gasteiger charge is 2.50. The van der Waals surface area contributed by atoms with E-state index in [0.717, 1.165) is 10.4 Å². The topological polar surface area (TPSA) is 67.3 Å². The number of halogens is 1. The number of hydrogen-bond acceptors (Lipinski definition) is 5. The fourth-order valence-electron chi connectivity index (χ4n) is 3.43. The Morgan fingerprint density at radius 2 is 2.00 bits per heavy atom. The minimum Gasteiger partial charge on any atom is -0.284 e. The first-order chi connectivity index (χ1) is 11.4. The zero-order valence-corrected chi connectivity index (χ0v) is 15.1. The summed E-state index contributed by atoms with van der Waals surface area (Å²) in [5.74, 6) is 0.0525. The van der Waals surface area contributed by atoms with Gasteiger partial charge in [0.1, 0.15) is 0 Å². The van der Waals surface area contributed by atoms with Gasteiger partial charge in [-0.25, -0.2) is 13.4 Å². The van der Waals surface area contributed by atoms with Crippen LogP contribution in [0.1, 0.15) is 16.9 Å². The van der Waals surface area contributed by atoms with Crippen molar-refractivity contribution >= 4 is 43.8 Å². The van der Waals surface area contributed by atoms with Crippen molar-refractivity contribution in [3.63, 3.8) is 0 Å². The van der Waals surface area contributed by atoms with Crippen LogP contribution in [0, 0.1) is 5.92 Å². The number of hydrogen-bond donors (Lipinski definition) is 0. The highest BCUT2D eigenvalue weighted by Crippen LogP contribution is 2.38. The van der Waals surface area contributed by atoms with Crippen LogP contribution in [0.2, 0.25) is 5.02 Å². The van der Waals surface area contributed by atoms with Crippen LogP contribution < -0.4 is 4.90 Å². The van der Waals surface area contributed by atoms with Crippen LogP contribution >= 0.6 is 22.9 Å². The smallest absolute Gasteiger partial charge is 0.229 e. The third-order valence-electron chi connectivity index (χ3n) is 4.51. The molecule has 1 aromatic heterocycles. The predicted molar refractivity (Wildman–Crippen MR) is 94.4 cm³/mol. The molecule has 1 aromatic carbocycles. The van der Waals surface area contributed by atoms with E-state index in [9.17, 15) is 13.2 Å². The quantitative estimate of drug-likeness (QED) is 0.818. The highest BCUT2D eigenvalue weighted by atomic mass is 35.5. The fourth-order valence-corrected chi connectivity index (χ4v) is 6.65. The molecule has 1 amide bonds. The lowest BCUT2D eigenvalue weighted by Gasteiger charge is -2.19. The molecule has 0 bridgehead atoms. The van der Waals surface area contributed by atoms with Gasteiger partial charge in [0.15, 0.2) is 15.0 Å². The van der Waals surface area contributed by atoms with Gasteiger partial charge in [0.05, 0.1) is 17.5 Å². The number of sulfone groups is 1. The van der Waals surface area contributed by atoms with Crippen molar-refractivity contribution in [3.05, 3.63) is 45.9 Å². The second kappa shape index (κ2) is 5.82. The number of amides is 1. The summed E-state index contributed by atoms with van der Waals surface area (Å²) in [6.07, 6.45) is 2.78. The van der Waals surface area contributed by atoms with Crippen LogP contribution in [0.15, 0.2) is 30.5 Å². The normalized spacial score (nSPS) is 25.2. The van der Waals surface area contributed by atoms with Crippen molar-refractivity contribution in [2.24, 2.45) is 5.92 Å². The molecule has 2 aromatic rings. The standard InChI is InChI=1S/C16H15ClN2O3S2/c17-12-3-1-10(2-4-12)5-13-7-18-16(23-13)19-14-9-24(21,22)8-11(14)6-15(19)20/h1-4,7,11,14H,5-6,8-9H2. The summed E-state index contributed by atoms with van der Waals surface area (Å²) in [6.45, 7) is 0. The van der Waals surface area contributed by atoms with Gasteiger partial charge in [-0.1, -0.05) is 23.7 Å². The summed E-state index contributed by atoms with van der Waals surface area (Å²) in [7, 11) is -3.05. The molecule has 5 nitrogen and oxygen atoms in total. The Morgan fingerprint density at radius 1 is 1.25 bits per heavy atom. The summed E-state index contributed by atoms with van der Waals surface area (Å²) >= 11 is 7.34. The lowest BCUT2D eigenvalue weighted by Crippen LogP contribution is -2.36. The van der Waals surface area contributed by atoms with Gasteiger partial charge >= 0.3 is 0 Å². The molecule has 4 rings (SSSR count). The molecule has 2 aliphatic heterocycles. The molecule has 0 saturated carbocycles. The molecule has 2 fully saturated rings. The van der Waals surface area contributed by atoms with Crippen molar-refractivity contribution in [1.82, 2.24) is 4.98 Å². The summed E-state index contributed by atoms with van der Waals surface area (Å²) < 4.78 is 23.7. The van der Waals surface area contributed by atoms with Crippen LogP contribution in [-0.2, 0) is 21.1 Å². The minimum atomic E-state index is -3.05. The molecule has 2 unspecified atom stereocenters. The molecule has 2 saturated heterocycles. The van der Waals surface area contributed by atoms with Crippen LogP contribution in [-0.4, -0.2) is 36.9 Å². The van der Waals surface area contributed by atoms with Crippen LogP contribution in [0.4, 0.5) is 5.13 Å². The van der Waals surface area contributed by atoms with E-state index >= 15 is 0 Å². The third-order valence-corrected chi connectivity index (χ3v) is 7.55. The van der Waals surface area contributed by atoms with Crippen molar-refractivity contribution in [2.75, 3.05) is 16.4 Å². The van der Waals surface area contributed by atoms with E-state index in [0.29, 0.717) is 23.0 Å². The average molecular weight is 383 g/mol. The molecule has 2 atom stereocenters. The van der Waals surface area contributed by atoms with Gasteiger partial charge in [0.2, 0.25) is 5.91 Å². The van der Waals surface area contributed by atoms with Gasteiger partial charge in [-0.05, 0) is 17.7 Å². The summed E-state index contributed by atoms with van der Waals surface area (Å²) in [4.78, 5) is 19.3. The van der Waals surface area contributed by atoms with Gasteiger partial charge in [-0.3, -0.25) is 9.69 Å². The Bertz CT molecular complexity index is 892. The molecular weight excluding hydrogens is 368 g/mol. The summed E-state index contributed by atoms with van der Waals surface area (Å²) in [5.41, 5.74) is 1.11. The van der Waals surface area contributed by atoms with Crippen LogP contribution in [0.3, 0.4) is 0 Å².